The first-order valence-electron chi connectivity index (χ1n) is 7.00. The third-order valence-electron chi connectivity index (χ3n) is 3.70. The molecule has 0 fully saturated rings. The molecule has 3 heteroatoms. The van der Waals surface area contributed by atoms with Gasteiger partial charge in [-0.1, -0.05) is 31.0 Å². The van der Waals surface area contributed by atoms with Gasteiger partial charge in [-0.05, 0) is 46.6 Å². The van der Waals surface area contributed by atoms with E-state index in [1.165, 1.54) is 11.1 Å². The van der Waals surface area contributed by atoms with Crippen molar-refractivity contribution >= 4 is 0 Å². The fraction of sp³-hybridized carbons (Fsp3) is 0.625. The minimum atomic E-state index is 0.368. The molecule has 1 rings (SSSR count). The Bertz CT molecular complexity index is 390. The molecule has 3 nitrogen and oxygen atoms in total. The van der Waals surface area contributed by atoms with Crippen molar-refractivity contribution in [2.24, 2.45) is 5.92 Å². The third-order valence-corrected chi connectivity index (χ3v) is 3.70. The maximum absolute atomic E-state index is 5.56. The predicted octanol–water partition coefficient (Wildman–Crippen LogP) is 2.85. The molecule has 0 heterocycles. The van der Waals surface area contributed by atoms with Crippen LogP contribution in [0.4, 0.5) is 0 Å². The Balaban J connectivity index is 3.21. The molecule has 108 valence electrons. The van der Waals surface area contributed by atoms with Crippen molar-refractivity contribution in [1.82, 2.24) is 10.2 Å². The molecule has 0 amide bonds. The van der Waals surface area contributed by atoms with E-state index in [-0.39, 0.29) is 0 Å². The van der Waals surface area contributed by atoms with Crippen LogP contribution in [0.5, 0.6) is 5.75 Å². The van der Waals surface area contributed by atoms with Crippen LogP contribution in [-0.4, -0.2) is 39.7 Å². The molecule has 0 saturated carbocycles. The van der Waals surface area contributed by atoms with Crippen molar-refractivity contribution in [1.29, 1.82) is 0 Å². The summed E-state index contributed by atoms with van der Waals surface area (Å²) >= 11 is 0. The molecular weight excluding hydrogens is 236 g/mol. The van der Waals surface area contributed by atoms with E-state index in [9.17, 15) is 0 Å². The number of ether oxygens (including phenoxy) is 1. The van der Waals surface area contributed by atoms with Crippen LogP contribution in [0.25, 0.3) is 0 Å². The minimum absolute atomic E-state index is 0.368. The van der Waals surface area contributed by atoms with Crippen molar-refractivity contribution in [2.45, 2.75) is 26.3 Å². The fourth-order valence-corrected chi connectivity index (χ4v) is 2.78. The average Bonchev–Trinajstić information content (AvgIpc) is 2.38. The molecule has 0 saturated heterocycles. The van der Waals surface area contributed by atoms with Crippen LogP contribution in [-0.2, 0) is 0 Å². The molecule has 0 aromatic heterocycles. The Morgan fingerprint density at radius 2 is 2.00 bits per heavy atom. The first-order valence-corrected chi connectivity index (χ1v) is 7.00. The average molecular weight is 264 g/mol. The van der Waals surface area contributed by atoms with E-state index in [4.69, 9.17) is 4.74 Å². The maximum atomic E-state index is 5.56. The summed E-state index contributed by atoms with van der Waals surface area (Å²) in [6.07, 6.45) is 1.14. The summed E-state index contributed by atoms with van der Waals surface area (Å²) in [6, 6.07) is 6.80. The molecule has 1 aromatic rings. The van der Waals surface area contributed by atoms with Gasteiger partial charge in [-0.15, -0.1) is 0 Å². The van der Waals surface area contributed by atoms with Gasteiger partial charge in [0.05, 0.1) is 7.11 Å². The van der Waals surface area contributed by atoms with Gasteiger partial charge in [0.1, 0.15) is 5.75 Å². The molecule has 2 unspecified atom stereocenters. The van der Waals surface area contributed by atoms with E-state index in [0.29, 0.717) is 12.0 Å². The van der Waals surface area contributed by atoms with E-state index in [0.717, 1.165) is 18.7 Å². The number of nitrogens with zero attached hydrogens (tertiary/aromatic N) is 1. The lowest BCUT2D eigenvalue weighted by Gasteiger charge is -2.33. The van der Waals surface area contributed by atoms with E-state index in [2.05, 4.69) is 56.4 Å². The van der Waals surface area contributed by atoms with Crippen LogP contribution in [0.3, 0.4) is 0 Å². The lowest BCUT2D eigenvalue weighted by atomic mass is 9.88. The van der Waals surface area contributed by atoms with Crippen LogP contribution in [0.15, 0.2) is 18.2 Å². The molecule has 0 spiro atoms. The third kappa shape index (κ3) is 3.95. The van der Waals surface area contributed by atoms with E-state index >= 15 is 0 Å². The first kappa shape index (κ1) is 16.0. The van der Waals surface area contributed by atoms with Crippen molar-refractivity contribution in [2.75, 3.05) is 34.8 Å². The molecule has 2 atom stereocenters. The lowest BCUT2D eigenvalue weighted by Crippen LogP contribution is -2.33. The molecule has 1 aromatic carbocycles. The summed E-state index contributed by atoms with van der Waals surface area (Å²) in [5.41, 5.74) is 2.57. The van der Waals surface area contributed by atoms with Gasteiger partial charge in [0.2, 0.25) is 0 Å². The van der Waals surface area contributed by atoms with Crippen LogP contribution < -0.4 is 10.1 Å². The van der Waals surface area contributed by atoms with E-state index < -0.39 is 0 Å². The van der Waals surface area contributed by atoms with E-state index in [1.807, 2.05) is 7.05 Å². The molecule has 0 aliphatic rings. The Hall–Kier alpha value is -1.06. The van der Waals surface area contributed by atoms with Crippen LogP contribution >= 0.6 is 0 Å². The van der Waals surface area contributed by atoms with Crippen LogP contribution in [0.1, 0.15) is 30.5 Å². The summed E-state index contributed by atoms with van der Waals surface area (Å²) < 4.78 is 5.56. The molecule has 0 bridgehead atoms. The standard InChI is InChI=1S/C16H28N2O/c1-7-13(11-17-3)16(18(4)5)14-10-12(2)8-9-15(14)19-6/h8-10,13,16-17H,7,11H2,1-6H3. The van der Waals surface area contributed by atoms with Crippen LogP contribution in [0.2, 0.25) is 0 Å². The Morgan fingerprint density at radius 3 is 2.47 bits per heavy atom. The lowest BCUT2D eigenvalue weighted by molar-refractivity contribution is 0.199. The van der Waals surface area contributed by atoms with Crippen molar-refractivity contribution in [3.8, 4) is 5.75 Å². The van der Waals surface area contributed by atoms with Crippen molar-refractivity contribution in [3.63, 3.8) is 0 Å². The molecule has 0 aliphatic carbocycles. The highest BCUT2D eigenvalue weighted by Crippen LogP contribution is 2.35. The largest absolute Gasteiger partial charge is 0.496 e. The molecule has 0 radical (unpaired) electrons. The van der Waals surface area contributed by atoms with Gasteiger partial charge in [-0.25, -0.2) is 0 Å². The summed E-state index contributed by atoms with van der Waals surface area (Å²) in [7, 11) is 8.05. The minimum Gasteiger partial charge on any atom is -0.496 e. The highest BCUT2D eigenvalue weighted by Gasteiger charge is 2.26. The Morgan fingerprint density at radius 1 is 1.32 bits per heavy atom. The maximum Gasteiger partial charge on any atom is 0.123 e. The zero-order valence-corrected chi connectivity index (χ0v) is 13.2. The first-order chi connectivity index (χ1) is 9.04. The van der Waals surface area contributed by atoms with Gasteiger partial charge in [0, 0.05) is 11.6 Å². The number of nitrogens with one attached hydrogen (secondary N) is 1. The fourth-order valence-electron chi connectivity index (χ4n) is 2.78. The van der Waals surface area contributed by atoms with Crippen molar-refractivity contribution in [3.05, 3.63) is 29.3 Å². The molecular formula is C16H28N2O. The number of benzene rings is 1. The molecule has 0 aliphatic heterocycles. The van der Waals surface area contributed by atoms with Gasteiger partial charge in [0.25, 0.3) is 0 Å². The number of rotatable bonds is 7. The highest BCUT2D eigenvalue weighted by molar-refractivity contribution is 5.39. The Labute approximate surface area is 118 Å². The highest BCUT2D eigenvalue weighted by atomic mass is 16.5. The smallest absolute Gasteiger partial charge is 0.123 e. The normalized spacial score (nSPS) is 14.5. The SMILES string of the molecule is CCC(CNC)C(c1cc(C)ccc1OC)N(C)C. The topological polar surface area (TPSA) is 24.5 Å². The second kappa shape index (κ2) is 7.51. The summed E-state index contributed by atoms with van der Waals surface area (Å²) in [5, 5.41) is 3.31. The number of aryl methyl sites for hydroxylation is 1. The van der Waals surface area contributed by atoms with Gasteiger partial charge in [-0.2, -0.15) is 0 Å². The zero-order chi connectivity index (χ0) is 14.4. The predicted molar refractivity (Wildman–Crippen MR) is 81.9 cm³/mol. The second-order valence-electron chi connectivity index (χ2n) is 5.38. The number of hydrogen-bond donors (Lipinski definition) is 1. The summed E-state index contributed by atoms with van der Waals surface area (Å²) in [5.74, 6) is 1.55. The van der Waals surface area contributed by atoms with Crippen LogP contribution in [0, 0.1) is 12.8 Å². The van der Waals surface area contributed by atoms with E-state index in [1.54, 1.807) is 7.11 Å². The number of hydrogen-bond acceptors (Lipinski definition) is 3. The molecule has 19 heavy (non-hydrogen) atoms. The zero-order valence-electron chi connectivity index (χ0n) is 13.2. The van der Waals surface area contributed by atoms with Gasteiger partial charge >= 0.3 is 0 Å². The second-order valence-corrected chi connectivity index (χ2v) is 5.38. The monoisotopic (exact) mass is 264 g/mol. The van der Waals surface area contributed by atoms with Gasteiger partial charge in [0.15, 0.2) is 0 Å². The summed E-state index contributed by atoms with van der Waals surface area (Å²) in [6.45, 7) is 5.39. The molecule has 1 N–H and O–H groups in total. The van der Waals surface area contributed by atoms with Gasteiger partial charge in [-0.3, -0.25) is 0 Å². The van der Waals surface area contributed by atoms with Gasteiger partial charge < -0.3 is 15.0 Å². The van der Waals surface area contributed by atoms with Crippen molar-refractivity contribution < 1.29 is 4.74 Å². The quantitative estimate of drug-likeness (QED) is 0.819. The summed E-state index contributed by atoms with van der Waals surface area (Å²) in [4.78, 5) is 2.29. The number of methoxy groups -OCH3 is 1. The Kier molecular flexibility index (Phi) is 6.32.